The molecule has 37 heavy (non-hydrogen) atoms. The fourth-order valence-electron chi connectivity index (χ4n) is 5.60. The molecule has 196 valence electrons. The zero-order valence-electron chi connectivity index (χ0n) is 22.9. The van der Waals surface area contributed by atoms with Crippen molar-refractivity contribution in [3.05, 3.63) is 72.3 Å². The van der Waals surface area contributed by atoms with Gasteiger partial charge in [-0.3, -0.25) is 4.79 Å². The summed E-state index contributed by atoms with van der Waals surface area (Å²) in [5, 5.41) is 10.4. The number of carbonyl (C=O) groups excluding carboxylic acids is 1. The van der Waals surface area contributed by atoms with Gasteiger partial charge in [0.15, 0.2) is 0 Å². The molecule has 0 heterocycles. The van der Waals surface area contributed by atoms with Crippen LogP contribution in [-0.2, 0) is 0 Å². The molecule has 0 aliphatic carbocycles. The third-order valence-corrected chi connectivity index (χ3v) is 7.75. The van der Waals surface area contributed by atoms with Crippen LogP contribution in [0, 0.1) is 0 Å². The summed E-state index contributed by atoms with van der Waals surface area (Å²) >= 11 is 0. The Labute approximate surface area is 223 Å². The second-order valence-corrected chi connectivity index (χ2v) is 10.7. The number of hydrogen-bond donors (Lipinski definition) is 1. The molecule has 0 radical (unpaired) electrons. The maximum absolute atomic E-state index is 13.0. The van der Waals surface area contributed by atoms with E-state index in [-0.39, 0.29) is 5.91 Å². The van der Waals surface area contributed by atoms with Crippen LogP contribution in [0.1, 0.15) is 107 Å². The Kier molecular flexibility index (Phi) is 10.8. The molecule has 0 atom stereocenters. The topological polar surface area (TPSA) is 29.1 Å². The number of nitrogens with one attached hydrogen (secondary N) is 1. The highest BCUT2D eigenvalue weighted by atomic mass is 16.1. The number of benzene rings is 4. The summed E-state index contributed by atoms with van der Waals surface area (Å²) in [4.78, 5) is 13.0. The van der Waals surface area contributed by atoms with E-state index in [2.05, 4.69) is 72.9 Å². The fourth-order valence-corrected chi connectivity index (χ4v) is 5.60. The number of rotatable bonds is 17. The molecule has 4 aromatic rings. The van der Waals surface area contributed by atoms with E-state index in [0.717, 1.165) is 23.9 Å². The van der Waals surface area contributed by atoms with Gasteiger partial charge >= 0.3 is 0 Å². The van der Waals surface area contributed by atoms with Gasteiger partial charge in [-0.05, 0) is 70.5 Å². The maximum Gasteiger partial charge on any atom is 0.251 e. The third-order valence-electron chi connectivity index (χ3n) is 7.75. The third kappa shape index (κ3) is 7.57. The fraction of sp³-hybridized carbons (Fsp3) is 0.457. The molecule has 0 aliphatic rings. The molecule has 0 aliphatic heterocycles. The molecule has 0 spiro atoms. The predicted octanol–water partition coefficient (Wildman–Crippen LogP) is 10.4. The minimum Gasteiger partial charge on any atom is -0.352 e. The number of carbonyl (C=O) groups is 1. The average molecular weight is 496 g/mol. The lowest BCUT2D eigenvalue weighted by Crippen LogP contribution is -2.24. The summed E-state index contributed by atoms with van der Waals surface area (Å²) in [6.07, 6.45) is 23.0. The van der Waals surface area contributed by atoms with Crippen LogP contribution < -0.4 is 5.32 Å². The van der Waals surface area contributed by atoms with Crippen molar-refractivity contribution in [1.82, 2.24) is 5.32 Å². The molecule has 0 saturated heterocycles. The van der Waals surface area contributed by atoms with Crippen molar-refractivity contribution in [2.24, 2.45) is 0 Å². The average Bonchev–Trinajstić information content (AvgIpc) is 2.93. The Morgan fingerprint density at radius 1 is 0.622 bits per heavy atom. The van der Waals surface area contributed by atoms with Gasteiger partial charge in [-0.2, -0.15) is 0 Å². The predicted molar refractivity (Wildman–Crippen MR) is 162 cm³/mol. The lowest BCUT2D eigenvalue weighted by molar-refractivity contribution is 0.0954. The summed E-state index contributed by atoms with van der Waals surface area (Å²) in [6, 6.07) is 19.1. The van der Waals surface area contributed by atoms with Gasteiger partial charge in [0.05, 0.1) is 0 Å². The number of amides is 1. The van der Waals surface area contributed by atoms with E-state index in [0.29, 0.717) is 0 Å². The second-order valence-electron chi connectivity index (χ2n) is 10.7. The zero-order chi connectivity index (χ0) is 25.7. The van der Waals surface area contributed by atoms with Crippen molar-refractivity contribution in [3.63, 3.8) is 0 Å². The molecular weight excluding hydrogens is 450 g/mol. The van der Waals surface area contributed by atoms with Crippen molar-refractivity contribution in [3.8, 4) is 0 Å². The summed E-state index contributed by atoms with van der Waals surface area (Å²) in [5.41, 5.74) is 0.787. The molecule has 4 aromatic carbocycles. The van der Waals surface area contributed by atoms with E-state index in [1.165, 1.54) is 110 Å². The normalized spacial score (nSPS) is 11.9. The van der Waals surface area contributed by atoms with E-state index < -0.39 is 0 Å². The van der Waals surface area contributed by atoms with Gasteiger partial charge in [0.25, 0.3) is 5.91 Å². The molecule has 2 heteroatoms. The highest BCUT2D eigenvalue weighted by Crippen LogP contribution is 2.35. The molecule has 0 fully saturated rings. The van der Waals surface area contributed by atoms with Crippen LogP contribution in [0.15, 0.2) is 66.7 Å². The van der Waals surface area contributed by atoms with Gasteiger partial charge in [0, 0.05) is 12.1 Å². The summed E-state index contributed by atoms with van der Waals surface area (Å²) in [7, 11) is 0. The summed E-state index contributed by atoms with van der Waals surface area (Å²) < 4.78 is 0. The van der Waals surface area contributed by atoms with Crippen molar-refractivity contribution in [2.75, 3.05) is 6.54 Å². The van der Waals surface area contributed by atoms with Gasteiger partial charge in [-0.15, -0.1) is 0 Å². The van der Waals surface area contributed by atoms with E-state index in [1.54, 1.807) is 0 Å². The van der Waals surface area contributed by atoms with Gasteiger partial charge in [-0.1, -0.05) is 125 Å². The molecule has 0 unspecified atom stereocenters. The minimum atomic E-state index is 0.0469. The largest absolute Gasteiger partial charge is 0.352 e. The molecular formula is C35H45NO. The van der Waals surface area contributed by atoms with E-state index in [4.69, 9.17) is 0 Å². The van der Waals surface area contributed by atoms with E-state index in [9.17, 15) is 4.79 Å². The standard InChI is InChI=1S/C35H45NO/c1-2-3-4-5-6-7-8-9-10-11-12-13-14-15-16-17-27-36-35(37)32-26-24-30-22-21-28-19-18-20-29-23-25-31(32)34(30)33(28)29/h9-10,18-26H,2-8,11-17,27H2,1H3,(H,36,37)/b10-9-. The number of hydrogen-bond acceptors (Lipinski definition) is 1. The van der Waals surface area contributed by atoms with Crippen LogP contribution in [0.2, 0.25) is 0 Å². The minimum absolute atomic E-state index is 0.0469. The van der Waals surface area contributed by atoms with Crippen LogP contribution in [0.5, 0.6) is 0 Å². The van der Waals surface area contributed by atoms with E-state index in [1.807, 2.05) is 6.07 Å². The molecule has 4 rings (SSSR count). The van der Waals surface area contributed by atoms with E-state index >= 15 is 0 Å². The lowest BCUT2D eigenvalue weighted by Gasteiger charge is -2.14. The highest BCUT2D eigenvalue weighted by Gasteiger charge is 2.14. The number of allylic oxidation sites excluding steroid dienone is 2. The van der Waals surface area contributed by atoms with Gasteiger partial charge in [-0.25, -0.2) is 0 Å². The number of unbranched alkanes of at least 4 members (excludes halogenated alkanes) is 12. The molecule has 0 saturated carbocycles. The Morgan fingerprint density at radius 2 is 1.16 bits per heavy atom. The van der Waals surface area contributed by atoms with Crippen molar-refractivity contribution >= 4 is 38.2 Å². The SMILES string of the molecule is CCCCCCCC/C=C\CCCCCCCCNC(=O)c1ccc2ccc3cccc4ccc1c2c34. The molecule has 1 N–H and O–H groups in total. The monoisotopic (exact) mass is 495 g/mol. The first-order valence-corrected chi connectivity index (χ1v) is 14.9. The quantitative estimate of drug-likeness (QED) is 0.0881. The first-order chi connectivity index (χ1) is 18.3. The van der Waals surface area contributed by atoms with Crippen LogP contribution >= 0.6 is 0 Å². The highest BCUT2D eigenvalue weighted by molar-refractivity contribution is 6.26. The zero-order valence-corrected chi connectivity index (χ0v) is 22.9. The summed E-state index contributed by atoms with van der Waals surface area (Å²) in [5.74, 6) is 0.0469. The van der Waals surface area contributed by atoms with Crippen molar-refractivity contribution in [2.45, 2.75) is 96.8 Å². The molecule has 0 bridgehead atoms. The van der Waals surface area contributed by atoms with Crippen LogP contribution in [0.4, 0.5) is 0 Å². The van der Waals surface area contributed by atoms with Gasteiger partial charge in [0.2, 0.25) is 0 Å². The van der Waals surface area contributed by atoms with Gasteiger partial charge in [0.1, 0.15) is 0 Å². The smallest absolute Gasteiger partial charge is 0.251 e. The first kappa shape index (κ1) is 27.2. The second kappa shape index (κ2) is 14.8. The van der Waals surface area contributed by atoms with Crippen molar-refractivity contribution in [1.29, 1.82) is 0 Å². The lowest BCUT2D eigenvalue weighted by atomic mass is 9.92. The van der Waals surface area contributed by atoms with Crippen LogP contribution in [0.25, 0.3) is 32.3 Å². The molecule has 0 aromatic heterocycles. The van der Waals surface area contributed by atoms with Crippen LogP contribution in [0.3, 0.4) is 0 Å². The molecule has 1 amide bonds. The first-order valence-electron chi connectivity index (χ1n) is 14.9. The van der Waals surface area contributed by atoms with Crippen molar-refractivity contribution < 1.29 is 4.79 Å². The summed E-state index contributed by atoms with van der Waals surface area (Å²) in [6.45, 7) is 3.03. The Hall–Kier alpha value is -2.87. The Bertz CT molecular complexity index is 1250. The van der Waals surface area contributed by atoms with Crippen LogP contribution in [-0.4, -0.2) is 12.5 Å². The maximum atomic E-state index is 13.0. The Morgan fingerprint density at radius 3 is 1.84 bits per heavy atom. The van der Waals surface area contributed by atoms with Gasteiger partial charge < -0.3 is 5.32 Å². The molecule has 2 nitrogen and oxygen atoms in total. The Balaban J connectivity index is 1.10.